The molecular weight excluding hydrogens is 263 g/mol. The summed E-state index contributed by atoms with van der Waals surface area (Å²) in [5.74, 6) is -1.98. The second-order valence-electron chi connectivity index (χ2n) is 4.65. The van der Waals surface area contributed by atoms with Crippen molar-refractivity contribution in [2.75, 3.05) is 11.4 Å². The first-order chi connectivity index (χ1) is 9.45. The number of Topliss-reactive ketones (excluding diaryl/α,β-unsaturated/α-hetero) is 1. The Morgan fingerprint density at radius 3 is 2.75 bits per heavy atom. The number of benzene rings is 1. The fourth-order valence-corrected chi connectivity index (χ4v) is 2.43. The normalized spacial score (nSPS) is 18.9. The molecule has 1 fully saturated rings. The molecule has 1 aliphatic rings. The van der Waals surface area contributed by atoms with E-state index in [4.69, 9.17) is 0 Å². The second kappa shape index (κ2) is 5.40. The maximum absolute atomic E-state index is 13.8. The average Bonchev–Trinajstić information content (AvgIpc) is 2.37. The molecule has 0 spiro atoms. The van der Waals surface area contributed by atoms with E-state index in [1.54, 1.807) is 13.0 Å². The van der Waals surface area contributed by atoms with Crippen LogP contribution in [0.15, 0.2) is 18.2 Å². The summed E-state index contributed by atoms with van der Waals surface area (Å²) < 4.78 is 13.8. The maximum atomic E-state index is 13.8. The van der Waals surface area contributed by atoms with Crippen molar-refractivity contribution in [1.29, 1.82) is 0 Å². The number of carbonyl (C=O) groups is 3. The number of imide groups is 1. The summed E-state index contributed by atoms with van der Waals surface area (Å²) in [5, 5.41) is 2.25. The van der Waals surface area contributed by atoms with Crippen LogP contribution in [0, 0.1) is 5.82 Å². The van der Waals surface area contributed by atoms with E-state index in [0.717, 1.165) is 0 Å². The van der Waals surface area contributed by atoms with Gasteiger partial charge in [0.25, 0.3) is 0 Å². The molecule has 1 N–H and O–H groups in total. The number of rotatable bonds is 3. The first kappa shape index (κ1) is 14.2. The molecule has 1 saturated heterocycles. The Kier molecular flexibility index (Phi) is 3.83. The number of halogens is 1. The Labute approximate surface area is 115 Å². The van der Waals surface area contributed by atoms with Gasteiger partial charge in [0.2, 0.25) is 11.8 Å². The van der Waals surface area contributed by atoms with Crippen molar-refractivity contribution in [2.24, 2.45) is 0 Å². The van der Waals surface area contributed by atoms with Crippen molar-refractivity contribution >= 4 is 23.3 Å². The summed E-state index contributed by atoms with van der Waals surface area (Å²) >= 11 is 0. The van der Waals surface area contributed by atoms with E-state index >= 15 is 0 Å². The summed E-state index contributed by atoms with van der Waals surface area (Å²) in [6.45, 7) is 2.97. The molecule has 6 heteroatoms. The van der Waals surface area contributed by atoms with Gasteiger partial charge >= 0.3 is 0 Å². The lowest BCUT2D eigenvalue weighted by Gasteiger charge is -2.36. The van der Waals surface area contributed by atoms with Crippen molar-refractivity contribution in [2.45, 2.75) is 26.3 Å². The highest BCUT2D eigenvalue weighted by molar-refractivity contribution is 6.07. The predicted octanol–water partition coefficient (Wildman–Crippen LogP) is 1.27. The largest absolute Gasteiger partial charge is 0.349 e. The lowest BCUT2D eigenvalue weighted by Crippen LogP contribution is -2.58. The summed E-state index contributed by atoms with van der Waals surface area (Å²) in [4.78, 5) is 36.5. The Hall–Kier alpha value is -2.24. The number of carbonyl (C=O) groups excluding carboxylic acids is 3. The number of piperazine rings is 1. The van der Waals surface area contributed by atoms with Gasteiger partial charge in [-0.2, -0.15) is 0 Å². The van der Waals surface area contributed by atoms with Gasteiger partial charge in [-0.3, -0.25) is 19.7 Å². The van der Waals surface area contributed by atoms with Crippen molar-refractivity contribution in [3.63, 3.8) is 0 Å². The van der Waals surface area contributed by atoms with E-state index in [9.17, 15) is 18.8 Å². The van der Waals surface area contributed by atoms with Gasteiger partial charge in [-0.05, 0) is 25.5 Å². The standard InChI is InChI=1S/C14H15FN2O3/c1-3-10-14(20)16-12(19)7-17(10)11-6-4-5-9(15)13(11)8(2)18/h4-6,10H,3,7H2,1-2H3,(H,16,19,20). The Balaban J connectivity index is 2.53. The molecule has 0 aliphatic carbocycles. The zero-order valence-corrected chi connectivity index (χ0v) is 11.3. The van der Waals surface area contributed by atoms with E-state index in [1.165, 1.54) is 24.0 Å². The fraction of sp³-hybridized carbons (Fsp3) is 0.357. The minimum atomic E-state index is -0.650. The van der Waals surface area contributed by atoms with Crippen LogP contribution in [0.5, 0.6) is 0 Å². The molecule has 2 rings (SSSR count). The highest BCUT2D eigenvalue weighted by atomic mass is 19.1. The van der Waals surface area contributed by atoms with Crippen LogP contribution >= 0.6 is 0 Å². The van der Waals surface area contributed by atoms with E-state index < -0.39 is 29.5 Å². The third kappa shape index (κ3) is 2.41. The molecule has 1 unspecified atom stereocenters. The van der Waals surface area contributed by atoms with Crippen molar-refractivity contribution in [3.8, 4) is 0 Å². The number of amides is 2. The molecule has 1 heterocycles. The SMILES string of the molecule is CCC1C(=O)NC(=O)CN1c1cccc(F)c1C(C)=O. The quantitative estimate of drug-likeness (QED) is 0.668. The molecular formula is C14H15FN2O3. The first-order valence-corrected chi connectivity index (χ1v) is 6.35. The van der Waals surface area contributed by atoms with Gasteiger partial charge in [0, 0.05) is 0 Å². The molecule has 2 amide bonds. The van der Waals surface area contributed by atoms with Crippen molar-refractivity contribution in [1.82, 2.24) is 5.32 Å². The highest BCUT2D eigenvalue weighted by Crippen LogP contribution is 2.27. The molecule has 1 atom stereocenters. The maximum Gasteiger partial charge on any atom is 0.249 e. The molecule has 106 valence electrons. The van der Waals surface area contributed by atoms with Crippen LogP contribution in [-0.2, 0) is 9.59 Å². The number of nitrogens with zero attached hydrogens (tertiary/aromatic N) is 1. The number of ketones is 1. The summed E-state index contributed by atoms with van der Waals surface area (Å²) in [5.41, 5.74) is 0.195. The van der Waals surface area contributed by atoms with Crippen LogP contribution < -0.4 is 10.2 Å². The van der Waals surface area contributed by atoms with Gasteiger partial charge in [0.1, 0.15) is 11.9 Å². The minimum Gasteiger partial charge on any atom is -0.349 e. The molecule has 0 bridgehead atoms. The number of hydrogen-bond donors (Lipinski definition) is 1. The van der Waals surface area contributed by atoms with E-state index in [-0.39, 0.29) is 17.8 Å². The highest BCUT2D eigenvalue weighted by Gasteiger charge is 2.34. The fourth-order valence-electron chi connectivity index (χ4n) is 2.43. The molecule has 0 radical (unpaired) electrons. The van der Waals surface area contributed by atoms with Crippen LogP contribution in [0.4, 0.5) is 10.1 Å². The Bertz CT molecular complexity index is 586. The van der Waals surface area contributed by atoms with Crippen LogP contribution in [0.2, 0.25) is 0 Å². The smallest absolute Gasteiger partial charge is 0.249 e. The van der Waals surface area contributed by atoms with E-state index in [0.29, 0.717) is 6.42 Å². The van der Waals surface area contributed by atoms with Crippen LogP contribution in [-0.4, -0.2) is 30.2 Å². The van der Waals surface area contributed by atoms with Gasteiger partial charge in [-0.25, -0.2) is 4.39 Å². The van der Waals surface area contributed by atoms with Gasteiger partial charge in [-0.1, -0.05) is 13.0 Å². The van der Waals surface area contributed by atoms with E-state index in [1.807, 2.05) is 0 Å². The first-order valence-electron chi connectivity index (χ1n) is 6.35. The Morgan fingerprint density at radius 2 is 2.15 bits per heavy atom. The van der Waals surface area contributed by atoms with Gasteiger partial charge in [-0.15, -0.1) is 0 Å². The number of anilines is 1. The average molecular weight is 278 g/mol. The van der Waals surface area contributed by atoms with Crippen LogP contribution in [0.3, 0.4) is 0 Å². The topological polar surface area (TPSA) is 66.5 Å². The summed E-state index contributed by atoms with van der Waals surface area (Å²) in [6, 6.07) is 3.61. The van der Waals surface area contributed by atoms with Crippen LogP contribution in [0.25, 0.3) is 0 Å². The molecule has 20 heavy (non-hydrogen) atoms. The van der Waals surface area contributed by atoms with Crippen molar-refractivity contribution in [3.05, 3.63) is 29.6 Å². The second-order valence-corrected chi connectivity index (χ2v) is 4.65. The number of nitrogens with one attached hydrogen (secondary N) is 1. The van der Waals surface area contributed by atoms with Crippen molar-refractivity contribution < 1.29 is 18.8 Å². The van der Waals surface area contributed by atoms with Crippen LogP contribution in [0.1, 0.15) is 30.6 Å². The zero-order valence-electron chi connectivity index (χ0n) is 11.3. The molecule has 0 saturated carbocycles. The van der Waals surface area contributed by atoms with Gasteiger partial charge in [0.05, 0.1) is 17.8 Å². The molecule has 0 aromatic heterocycles. The Morgan fingerprint density at radius 1 is 1.45 bits per heavy atom. The minimum absolute atomic E-state index is 0.0754. The third-order valence-electron chi connectivity index (χ3n) is 3.30. The molecule has 1 aromatic rings. The molecule has 1 aliphatic heterocycles. The zero-order chi connectivity index (χ0) is 14.9. The van der Waals surface area contributed by atoms with Gasteiger partial charge < -0.3 is 4.90 Å². The summed E-state index contributed by atoms with van der Waals surface area (Å²) in [6.07, 6.45) is 0.451. The molecule has 1 aromatic carbocycles. The third-order valence-corrected chi connectivity index (χ3v) is 3.30. The summed E-state index contributed by atoms with van der Waals surface area (Å²) in [7, 11) is 0. The van der Waals surface area contributed by atoms with E-state index in [2.05, 4.69) is 5.32 Å². The van der Waals surface area contributed by atoms with Gasteiger partial charge in [0.15, 0.2) is 5.78 Å². The number of hydrogen-bond acceptors (Lipinski definition) is 4. The lowest BCUT2D eigenvalue weighted by atomic mass is 10.0. The predicted molar refractivity (Wildman–Crippen MR) is 71.0 cm³/mol. The monoisotopic (exact) mass is 278 g/mol. The lowest BCUT2D eigenvalue weighted by molar-refractivity contribution is -0.132. The molecule has 5 nitrogen and oxygen atoms in total.